The van der Waals surface area contributed by atoms with E-state index in [1.165, 1.54) is 72.3 Å². The van der Waals surface area contributed by atoms with Crippen molar-refractivity contribution in [1.29, 1.82) is 0 Å². The van der Waals surface area contributed by atoms with Crippen molar-refractivity contribution >= 4 is 44.6 Å². The average Bonchev–Trinajstić information content (AvgIpc) is 4.06. The van der Waals surface area contributed by atoms with Gasteiger partial charge in [-0.3, -0.25) is 0 Å². The van der Waals surface area contributed by atoms with E-state index in [4.69, 9.17) is 4.42 Å². The Balaban J connectivity index is 0.969. The summed E-state index contributed by atoms with van der Waals surface area (Å²) in [5, 5.41) is 2.25. The zero-order valence-corrected chi connectivity index (χ0v) is 39.5. The highest BCUT2D eigenvalue weighted by Crippen LogP contribution is 2.58. The smallest absolute Gasteiger partial charge is 0.135 e. The molecule has 1 heterocycles. The number of rotatable bonds is 8. The quantitative estimate of drug-likeness (QED) is 0.151. The van der Waals surface area contributed by atoms with Crippen LogP contribution in [0.25, 0.3) is 60.9 Å². The Morgan fingerprint density at radius 2 is 0.986 bits per heavy atom. The van der Waals surface area contributed by atoms with E-state index >= 15 is 0 Å². The van der Waals surface area contributed by atoms with Gasteiger partial charge in [0.15, 0.2) is 0 Å². The maximum Gasteiger partial charge on any atom is 0.135 e. The topological polar surface area (TPSA) is 16.4 Å². The lowest BCUT2D eigenvalue weighted by atomic mass is 9.67. The normalized spacial score (nSPS) is 16.2. The van der Waals surface area contributed by atoms with Crippen LogP contribution in [0, 0.1) is 0 Å². The molecule has 0 saturated carbocycles. The van der Waals surface area contributed by atoms with Gasteiger partial charge in [-0.25, -0.2) is 0 Å². The largest absolute Gasteiger partial charge is 0.456 e. The van der Waals surface area contributed by atoms with E-state index in [-0.39, 0.29) is 0 Å². The van der Waals surface area contributed by atoms with Crippen molar-refractivity contribution in [2.24, 2.45) is 0 Å². The fourth-order valence-electron chi connectivity index (χ4n) is 12.7. The molecule has 71 heavy (non-hydrogen) atoms. The zero-order chi connectivity index (χ0) is 47.1. The lowest BCUT2D eigenvalue weighted by molar-refractivity contribution is 0.669. The molecule has 3 aliphatic rings. The second-order valence-electron chi connectivity index (χ2n) is 19.5. The number of benzene rings is 10. The predicted molar refractivity (Wildman–Crippen MR) is 295 cm³/mol. The van der Waals surface area contributed by atoms with Crippen molar-refractivity contribution in [3.05, 3.63) is 299 Å². The van der Waals surface area contributed by atoms with Gasteiger partial charge in [0.25, 0.3) is 0 Å². The maximum atomic E-state index is 6.28. The third-order valence-electron chi connectivity index (χ3n) is 15.9. The Morgan fingerprint density at radius 1 is 0.394 bits per heavy atom. The predicted octanol–water partition coefficient (Wildman–Crippen LogP) is 18.2. The zero-order valence-electron chi connectivity index (χ0n) is 39.5. The van der Waals surface area contributed by atoms with Gasteiger partial charge < -0.3 is 9.32 Å². The van der Waals surface area contributed by atoms with Gasteiger partial charge in [0.05, 0.1) is 5.41 Å². The molecule has 2 heteroatoms. The third-order valence-corrected chi connectivity index (χ3v) is 15.9. The SMILES string of the molecule is CC1(c2ccccc2-c2ccccc2)C2=C(CCC=C2)c2ccc(N(c3ccc(C4(c5ccccc5)c5ccccc5-c5ccccc54)cc3)c3cccc(-c4ccc5oc6ccccc6c5c4)c3)cc21. The Bertz CT molecular complexity index is 3900. The first-order chi connectivity index (χ1) is 35.1. The van der Waals surface area contributed by atoms with Crippen molar-refractivity contribution in [3.8, 4) is 33.4 Å². The molecule has 1 unspecified atom stereocenters. The molecule has 0 saturated heterocycles. The Labute approximate surface area is 415 Å². The summed E-state index contributed by atoms with van der Waals surface area (Å²) in [6.45, 7) is 2.46. The molecule has 336 valence electrons. The molecule has 0 radical (unpaired) electrons. The molecule has 0 fully saturated rings. The van der Waals surface area contributed by atoms with Crippen LogP contribution in [-0.2, 0) is 10.8 Å². The monoisotopic (exact) mass is 907 g/mol. The molecule has 14 rings (SSSR count). The van der Waals surface area contributed by atoms with Gasteiger partial charge in [-0.15, -0.1) is 0 Å². The summed E-state index contributed by atoms with van der Waals surface area (Å²) in [6.07, 6.45) is 6.87. The van der Waals surface area contributed by atoms with Crippen LogP contribution in [0.4, 0.5) is 17.1 Å². The third kappa shape index (κ3) is 6.21. The highest BCUT2D eigenvalue weighted by molar-refractivity contribution is 6.06. The second kappa shape index (κ2) is 16.2. The van der Waals surface area contributed by atoms with Crippen molar-refractivity contribution < 1.29 is 4.42 Å². The summed E-state index contributed by atoms with van der Waals surface area (Å²) in [5.74, 6) is 0. The number of anilines is 3. The van der Waals surface area contributed by atoms with Crippen molar-refractivity contribution in [3.63, 3.8) is 0 Å². The van der Waals surface area contributed by atoms with E-state index < -0.39 is 10.8 Å². The highest BCUT2D eigenvalue weighted by Gasteiger charge is 2.46. The standard InChI is InChI=1S/C69H49NO/c1-68(61-30-13-8-25-54(61)46-19-4-2-5-20-46)62-31-14-9-26-55(62)58-41-40-53(45-65(58)68)70(52-24-18-21-47(43-52)48-35-42-67-60(44-48)59-29-12-17-34-66(59)71-67)51-38-36-50(37-39-51)69(49-22-6-3-7-23-49)63-32-15-10-27-56(63)57-28-11-16-33-64(57)69/h2-8,10-25,27-45H,9,26H2,1H3. The Morgan fingerprint density at radius 3 is 1.76 bits per heavy atom. The first kappa shape index (κ1) is 41.3. The number of para-hydroxylation sites is 1. The summed E-state index contributed by atoms with van der Waals surface area (Å²) >= 11 is 0. The van der Waals surface area contributed by atoms with Gasteiger partial charge in [-0.2, -0.15) is 0 Å². The van der Waals surface area contributed by atoms with Crippen LogP contribution in [-0.4, -0.2) is 0 Å². The van der Waals surface area contributed by atoms with Gasteiger partial charge in [0.2, 0.25) is 0 Å². The number of furan rings is 1. The van der Waals surface area contributed by atoms with E-state index in [0.29, 0.717) is 0 Å². The molecule has 2 nitrogen and oxygen atoms in total. The first-order valence-corrected chi connectivity index (χ1v) is 25.0. The summed E-state index contributed by atoms with van der Waals surface area (Å²) in [7, 11) is 0. The molecule has 10 aromatic carbocycles. The van der Waals surface area contributed by atoms with Crippen LogP contribution in [0.2, 0.25) is 0 Å². The van der Waals surface area contributed by atoms with Gasteiger partial charge >= 0.3 is 0 Å². The van der Waals surface area contributed by atoms with Crippen LogP contribution in [0.1, 0.15) is 58.7 Å². The molecule has 11 aromatic rings. The maximum absolute atomic E-state index is 6.28. The lowest BCUT2D eigenvalue weighted by Gasteiger charge is -2.35. The minimum absolute atomic E-state index is 0.393. The minimum atomic E-state index is -0.493. The van der Waals surface area contributed by atoms with Crippen LogP contribution in [0.5, 0.6) is 0 Å². The highest BCUT2D eigenvalue weighted by atomic mass is 16.3. The van der Waals surface area contributed by atoms with Crippen LogP contribution >= 0.6 is 0 Å². The van der Waals surface area contributed by atoms with E-state index in [9.17, 15) is 0 Å². The van der Waals surface area contributed by atoms with Crippen LogP contribution < -0.4 is 4.90 Å². The number of hydrogen-bond donors (Lipinski definition) is 0. The molecule has 1 aromatic heterocycles. The van der Waals surface area contributed by atoms with Gasteiger partial charge in [0.1, 0.15) is 11.2 Å². The van der Waals surface area contributed by atoms with Gasteiger partial charge in [-0.05, 0) is 158 Å². The van der Waals surface area contributed by atoms with E-state index in [2.05, 4.69) is 261 Å². The van der Waals surface area contributed by atoms with E-state index in [1.807, 2.05) is 6.07 Å². The summed E-state index contributed by atoms with van der Waals surface area (Å²) in [4.78, 5) is 2.47. The van der Waals surface area contributed by atoms with Gasteiger partial charge in [-0.1, -0.05) is 200 Å². The molecule has 0 spiro atoms. The van der Waals surface area contributed by atoms with Gasteiger partial charge in [0, 0.05) is 33.2 Å². The molecule has 0 amide bonds. The summed E-state index contributed by atoms with van der Waals surface area (Å²) in [6, 6.07) is 89.7. The fourth-order valence-corrected chi connectivity index (χ4v) is 12.7. The molecule has 0 aliphatic heterocycles. The number of hydrogen-bond acceptors (Lipinski definition) is 2. The Hall–Kier alpha value is -8.72. The summed E-state index contributed by atoms with van der Waals surface area (Å²) < 4.78 is 6.28. The van der Waals surface area contributed by atoms with Crippen molar-refractivity contribution in [2.75, 3.05) is 4.90 Å². The van der Waals surface area contributed by atoms with Crippen molar-refractivity contribution in [1.82, 2.24) is 0 Å². The Kier molecular flexibility index (Phi) is 9.41. The number of fused-ring (bicyclic) bond motifs is 8. The summed E-state index contributed by atoms with van der Waals surface area (Å²) in [5.41, 5.74) is 23.6. The molecule has 0 N–H and O–H groups in total. The second-order valence-corrected chi connectivity index (χ2v) is 19.5. The number of nitrogens with zero attached hydrogens (tertiary/aromatic N) is 1. The number of allylic oxidation sites excluding steroid dienone is 4. The fraction of sp³-hybridized carbons (Fsp3) is 0.0725. The first-order valence-electron chi connectivity index (χ1n) is 25.0. The average molecular weight is 908 g/mol. The molecule has 0 bridgehead atoms. The molecule has 1 atom stereocenters. The van der Waals surface area contributed by atoms with Crippen molar-refractivity contribution in [2.45, 2.75) is 30.6 Å². The molecular weight excluding hydrogens is 859 g/mol. The molecule has 3 aliphatic carbocycles. The van der Waals surface area contributed by atoms with Crippen LogP contribution in [0.3, 0.4) is 0 Å². The van der Waals surface area contributed by atoms with E-state index in [0.717, 1.165) is 63.0 Å². The lowest BCUT2D eigenvalue weighted by Crippen LogP contribution is -2.28. The van der Waals surface area contributed by atoms with E-state index in [1.54, 1.807) is 0 Å². The minimum Gasteiger partial charge on any atom is -0.456 e. The molecular formula is C69H49NO. The van der Waals surface area contributed by atoms with Crippen LogP contribution in [0.15, 0.2) is 265 Å².